The summed E-state index contributed by atoms with van der Waals surface area (Å²) in [5.41, 5.74) is -0.578. The summed E-state index contributed by atoms with van der Waals surface area (Å²) in [5.74, 6) is -5.02. The maximum absolute atomic E-state index is 14.0. The number of rotatable bonds is 8. The van der Waals surface area contributed by atoms with E-state index in [2.05, 4.69) is 5.32 Å². The van der Waals surface area contributed by atoms with Gasteiger partial charge in [-0.1, -0.05) is 19.3 Å². The van der Waals surface area contributed by atoms with Gasteiger partial charge in [0.15, 0.2) is 29.0 Å². The highest BCUT2D eigenvalue weighted by Crippen LogP contribution is 2.33. The Balaban J connectivity index is 1.91. The maximum Gasteiger partial charge on any atom is 0.243 e. The summed E-state index contributed by atoms with van der Waals surface area (Å²) in [4.78, 5) is 12.6. The Morgan fingerprint density at radius 3 is 2.30 bits per heavy atom. The highest BCUT2D eigenvalue weighted by atomic mass is 32.2. The van der Waals surface area contributed by atoms with Crippen molar-refractivity contribution in [3.8, 4) is 11.5 Å². The number of carbonyl (C=O) groups excluding carboxylic acids is 1. The van der Waals surface area contributed by atoms with Gasteiger partial charge in [-0.15, -0.1) is 0 Å². The molecule has 1 fully saturated rings. The minimum Gasteiger partial charge on any atom is -0.493 e. The summed E-state index contributed by atoms with van der Waals surface area (Å²) in [7, 11) is -1.37. The van der Waals surface area contributed by atoms with Gasteiger partial charge in [0, 0.05) is 12.1 Å². The fraction of sp³-hybridized carbons (Fsp3) is 0.409. The molecule has 0 saturated heterocycles. The van der Waals surface area contributed by atoms with Crippen molar-refractivity contribution in [1.82, 2.24) is 4.31 Å². The van der Waals surface area contributed by atoms with Crippen LogP contribution in [-0.4, -0.2) is 45.4 Å². The zero-order valence-electron chi connectivity index (χ0n) is 18.2. The number of nitrogens with zero attached hydrogens (tertiary/aromatic N) is 1. The van der Waals surface area contributed by atoms with Gasteiger partial charge in [-0.25, -0.2) is 21.6 Å². The van der Waals surface area contributed by atoms with Crippen molar-refractivity contribution in [2.24, 2.45) is 0 Å². The van der Waals surface area contributed by atoms with Gasteiger partial charge in [-0.2, -0.15) is 4.31 Å². The smallest absolute Gasteiger partial charge is 0.243 e. The summed E-state index contributed by atoms with van der Waals surface area (Å²) >= 11 is 0. The predicted molar refractivity (Wildman–Crippen MR) is 115 cm³/mol. The van der Waals surface area contributed by atoms with Crippen LogP contribution in [0.2, 0.25) is 0 Å². The molecule has 1 aliphatic rings. The summed E-state index contributed by atoms with van der Waals surface area (Å²) in [6.07, 6.45) is 3.65. The van der Waals surface area contributed by atoms with Gasteiger partial charge < -0.3 is 14.8 Å². The number of benzene rings is 2. The number of carbonyl (C=O) groups is 1. The molecular formula is C22H25F3N2O5S. The average Bonchev–Trinajstić information content (AvgIpc) is 2.82. The van der Waals surface area contributed by atoms with Crippen molar-refractivity contribution in [2.75, 3.05) is 26.1 Å². The number of nitrogens with one attached hydrogen (secondary N) is 1. The molecule has 1 amide bonds. The van der Waals surface area contributed by atoms with E-state index >= 15 is 0 Å². The Morgan fingerprint density at radius 1 is 1.00 bits per heavy atom. The number of methoxy groups -OCH3 is 2. The Bertz CT molecular complexity index is 1120. The molecule has 7 nitrogen and oxygen atoms in total. The van der Waals surface area contributed by atoms with Crippen molar-refractivity contribution in [2.45, 2.75) is 43.0 Å². The number of hydrogen-bond donors (Lipinski definition) is 1. The lowest BCUT2D eigenvalue weighted by atomic mass is 9.95. The molecular weight excluding hydrogens is 461 g/mol. The number of amides is 1. The molecule has 33 heavy (non-hydrogen) atoms. The third-order valence-electron chi connectivity index (χ3n) is 5.55. The zero-order chi connectivity index (χ0) is 24.2. The van der Waals surface area contributed by atoms with E-state index in [1.165, 1.54) is 32.4 Å². The van der Waals surface area contributed by atoms with Crippen LogP contribution in [0.5, 0.6) is 11.5 Å². The lowest BCUT2D eigenvalue weighted by Crippen LogP contribution is -2.45. The van der Waals surface area contributed by atoms with Gasteiger partial charge in [0.05, 0.1) is 31.3 Å². The van der Waals surface area contributed by atoms with Crippen LogP contribution in [0.25, 0.3) is 0 Å². The second-order valence-corrected chi connectivity index (χ2v) is 9.52. The van der Waals surface area contributed by atoms with E-state index in [1.54, 1.807) is 0 Å². The molecule has 180 valence electrons. The average molecular weight is 487 g/mol. The van der Waals surface area contributed by atoms with E-state index < -0.39 is 51.7 Å². The minimum absolute atomic E-state index is 0.0995. The van der Waals surface area contributed by atoms with Crippen LogP contribution in [0.4, 0.5) is 18.9 Å². The van der Waals surface area contributed by atoms with Crippen LogP contribution in [0, 0.1) is 17.5 Å². The van der Waals surface area contributed by atoms with Gasteiger partial charge >= 0.3 is 0 Å². The van der Waals surface area contributed by atoms with Crippen LogP contribution < -0.4 is 14.8 Å². The molecule has 0 bridgehead atoms. The van der Waals surface area contributed by atoms with Crippen molar-refractivity contribution < 1.29 is 35.9 Å². The van der Waals surface area contributed by atoms with Crippen LogP contribution in [-0.2, 0) is 14.8 Å². The van der Waals surface area contributed by atoms with Crippen molar-refractivity contribution in [3.05, 3.63) is 47.8 Å². The maximum atomic E-state index is 14.0. The molecule has 0 atom stereocenters. The summed E-state index contributed by atoms with van der Waals surface area (Å²) in [6.45, 7) is -0.625. The number of hydrogen-bond acceptors (Lipinski definition) is 5. The fourth-order valence-electron chi connectivity index (χ4n) is 3.85. The quantitative estimate of drug-likeness (QED) is 0.569. The van der Waals surface area contributed by atoms with Gasteiger partial charge in [-0.05, 0) is 37.1 Å². The zero-order valence-corrected chi connectivity index (χ0v) is 19.1. The van der Waals surface area contributed by atoms with Crippen molar-refractivity contribution >= 4 is 21.6 Å². The highest BCUT2D eigenvalue weighted by Gasteiger charge is 2.34. The fourth-order valence-corrected chi connectivity index (χ4v) is 5.50. The molecule has 1 saturated carbocycles. The van der Waals surface area contributed by atoms with Gasteiger partial charge in [0.1, 0.15) is 0 Å². The second-order valence-electron chi connectivity index (χ2n) is 7.63. The lowest BCUT2D eigenvalue weighted by molar-refractivity contribution is -0.116. The van der Waals surface area contributed by atoms with E-state index in [0.717, 1.165) is 29.6 Å². The molecule has 0 heterocycles. The molecule has 0 aliphatic heterocycles. The molecule has 2 aromatic carbocycles. The van der Waals surface area contributed by atoms with Crippen molar-refractivity contribution in [3.63, 3.8) is 0 Å². The lowest BCUT2D eigenvalue weighted by Gasteiger charge is -2.33. The number of sulfonamides is 1. The summed E-state index contributed by atoms with van der Waals surface area (Å²) in [6, 6.07) is 5.20. The van der Waals surface area contributed by atoms with Crippen LogP contribution in [0.15, 0.2) is 35.2 Å². The molecule has 3 rings (SSSR count). The van der Waals surface area contributed by atoms with Crippen LogP contribution in [0.1, 0.15) is 32.1 Å². The Kier molecular flexibility index (Phi) is 7.85. The van der Waals surface area contributed by atoms with Crippen LogP contribution >= 0.6 is 0 Å². The summed E-state index contributed by atoms with van der Waals surface area (Å²) < 4.78 is 79.1. The Morgan fingerprint density at radius 2 is 1.67 bits per heavy atom. The first-order valence-corrected chi connectivity index (χ1v) is 11.8. The molecule has 11 heteroatoms. The molecule has 0 aromatic heterocycles. The standard InChI is InChI=1S/C22H25F3N2O5S/c1-31-18-11-8-15(12-19(18)32-2)33(29,30)27(14-6-4-3-5-7-14)13-20(28)26-17-10-9-16(23)21(24)22(17)25/h8-12,14H,3-7,13H2,1-2H3,(H,26,28). The third kappa shape index (κ3) is 5.41. The van der Waals surface area contributed by atoms with Crippen molar-refractivity contribution in [1.29, 1.82) is 0 Å². The second kappa shape index (κ2) is 10.4. The predicted octanol–water partition coefficient (Wildman–Crippen LogP) is 4.08. The molecule has 1 aliphatic carbocycles. The molecule has 2 aromatic rings. The van der Waals surface area contributed by atoms with Gasteiger partial charge in [0.25, 0.3) is 0 Å². The molecule has 1 N–H and O–H groups in total. The summed E-state index contributed by atoms with van der Waals surface area (Å²) in [5, 5.41) is 2.14. The number of halogens is 3. The monoisotopic (exact) mass is 486 g/mol. The first kappa shape index (κ1) is 24.8. The van der Waals surface area contributed by atoms with Gasteiger partial charge in [0.2, 0.25) is 15.9 Å². The minimum atomic E-state index is -4.16. The number of anilines is 1. The van der Waals surface area contributed by atoms with E-state index in [0.29, 0.717) is 24.7 Å². The SMILES string of the molecule is COc1ccc(S(=O)(=O)N(CC(=O)Nc2ccc(F)c(F)c2F)C2CCCCC2)cc1OC. The van der Waals surface area contributed by atoms with E-state index in [-0.39, 0.29) is 10.6 Å². The number of ether oxygens (including phenoxy) is 2. The van der Waals surface area contributed by atoms with E-state index in [1.807, 2.05) is 0 Å². The first-order chi connectivity index (χ1) is 15.7. The molecule has 0 radical (unpaired) electrons. The highest BCUT2D eigenvalue weighted by molar-refractivity contribution is 7.89. The van der Waals surface area contributed by atoms with Crippen LogP contribution in [0.3, 0.4) is 0 Å². The van der Waals surface area contributed by atoms with E-state index in [4.69, 9.17) is 9.47 Å². The van der Waals surface area contributed by atoms with E-state index in [9.17, 15) is 26.4 Å². The largest absolute Gasteiger partial charge is 0.493 e. The Labute approximate surface area is 190 Å². The Hall–Kier alpha value is -2.79. The normalized spacial score (nSPS) is 14.8. The molecule has 0 spiro atoms. The molecule has 0 unspecified atom stereocenters. The third-order valence-corrected chi connectivity index (χ3v) is 7.45. The van der Waals surface area contributed by atoms with Gasteiger partial charge in [-0.3, -0.25) is 4.79 Å². The first-order valence-electron chi connectivity index (χ1n) is 10.4. The topological polar surface area (TPSA) is 84.9 Å².